The van der Waals surface area contributed by atoms with Crippen LogP contribution in [0.1, 0.15) is 31.4 Å². The van der Waals surface area contributed by atoms with Crippen LogP contribution in [0.4, 0.5) is 4.79 Å². The van der Waals surface area contributed by atoms with Gasteiger partial charge in [-0.25, -0.2) is 13.2 Å². The number of aliphatic imine (C=N–C) groups is 1. The van der Waals surface area contributed by atoms with Gasteiger partial charge in [-0.1, -0.05) is 50.2 Å². The molecule has 262 valence electrons. The first-order chi connectivity index (χ1) is 22.9. The zero-order chi connectivity index (χ0) is 34.4. The number of carbonyl (C=O) groups excluding carboxylic acids is 1. The van der Waals surface area contributed by atoms with Gasteiger partial charge in [0.2, 0.25) is 10.0 Å². The lowest BCUT2D eigenvalue weighted by molar-refractivity contribution is -0.0907. The Labute approximate surface area is 281 Å². The number of nitrogens with one attached hydrogen (secondary N) is 2. The fourth-order valence-corrected chi connectivity index (χ4v) is 7.72. The quantitative estimate of drug-likeness (QED) is 0.176. The molecule has 2 aliphatic rings. The Morgan fingerprint density at radius 2 is 1.94 bits per heavy atom. The highest BCUT2D eigenvalue weighted by atomic mass is 32.2. The smallest absolute Gasteiger partial charge is 0.407 e. The van der Waals surface area contributed by atoms with E-state index in [4.69, 9.17) is 14.2 Å². The molecular weight excluding hydrogens is 638 g/mol. The van der Waals surface area contributed by atoms with E-state index in [1.165, 1.54) is 16.4 Å². The van der Waals surface area contributed by atoms with Crippen molar-refractivity contribution in [2.45, 2.75) is 56.1 Å². The summed E-state index contributed by atoms with van der Waals surface area (Å²) in [5.74, 6) is -0.223. The number of sulfonamides is 1. The van der Waals surface area contributed by atoms with E-state index in [-0.39, 0.29) is 55.0 Å². The lowest BCUT2D eigenvalue weighted by Gasteiger charge is -2.31. The van der Waals surface area contributed by atoms with Crippen molar-refractivity contribution < 1.29 is 37.6 Å². The third-order valence-electron chi connectivity index (χ3n) is 8.59. The van der Waals surface area contributed by atoms with Crippen LogP contribution in [0, 0.1) is 11.8 Å². The predicted octanol–water partition coefficient (Wildman–Crippen LogP) is 2.96. The highest BCUT2D eigenvalue weighted by Gasteiger charge is 2.44. The molecule has 0 saturated carbocycles. The van der Waals surface area contributed by atoms with Crippen LogP contribution in [0.3, 0.4) is 0 Å². The molecule has 0 aliphatic carbocycles. The first-order valence-electron chi connectivity index (χ1n) is 16.3. The van der Waals surface area contributed by atoms with E-state index in [1.807, 2.05) is 63.2 Å². The molecule has 0 spiro atoms. The van der Waals surface area contributed by atoms with E-state index in [9.17, 15) is 23.4 Å². The number of H-pyrrole nitrogens is 1. The third kappa shape index (κ3) is 8.73. The number of hydrogen-bond acceptors (Lipinski definition) is 10. The van der Waals surface area contributed by atoms with E-state index >= 15 is 0 Å². The molecule has 48 heavy (non-hydrogen) atoms. The Balaban J connectivity index is 1.35. The van der Waals surface area contributed by atoms with Crippen molar-refractivity contribution in [3.05, 3.63) is 59.7 Å². The van der Waals surface area contributed by atoms with Gasteiger partial charge in [0, 0.05) is 31.2 Å². The summed E-state index contributed by atoms with van der Waals surface area (Å²) >= 11 is 0. The van der Waals surface area contributed by atoms with Gasteiger partial charge in [0.15, 0.2) is 12.2 Å². The molecule has 2 fully saturated rings. The number of hydrogen-bond donors (Lipinski definition) is 4. The van der Waals surface area contributed by atoms with Gasteiger partial charge in [-0.05, 0) is 50.6 Å². The summed E-state index contributed by atoms with van der Waals surface area (Å²) in [7, 11) is -0.227. The summed E-state index contributed by atoms with van der Waals surface area (Å²) in [5, 5.41) is 25.6. The second-order valence-electron chi connectivity index (χ2n) is 13.1. The van der Waals surface area contributed by atoms with Gasteiger partial charge in [0.25, 0.3) is 0 Å². The summed E-state index contributed by atoms with van der Waals surface area (Å²) in [6.07, 6.45) is -0.306. The van der Waals surface area contributed by atoms with E-state index in [0.717, 1.165) is 18.5 Å². The molecule has 4 N–H and O–H groups in total. The molecule has 1 amide bonds. The number of aromatic nitrogens is 1. The average molecular weight is 686 g/mol. The van der Waals surface area contributed by atoms with Crippen LogP contribution in [-0.4, -0.2) is 123 Å². The number of rotatable bonds is 15. The maximum absolute atomic E-state index is 14.1. The minimum absolute atomic E-state index is 0.00162. The zero-order valence-electron chi connectivity index (χ0n) is 27.9. The molecule has 14 heteroatoms. The van der Waals surface area contributed by atoms with Gasteiger partial charge in [-0.15, -0.1) is 0 Å². The molecule has 2 saturated heterocycles. The van der Waals surface area contributed by atoms with Crippen molar-refractivity contribution in [2.75, 3.05) is 53.5 Å². The number of ether oxygens (including phenoxy) is 3. The molecule has 3 aromatic rings. The lowest BCUT2D eigenvalue weighted by atomic mass is 10.0. The Hall–Kier alpha value is -3.53. The standard InChI is InChI=1S/C34H47N5O8S/c1-22(2)19-39(48(43,44)24-10-11-25-27(18-35-13-14-38(3)4)32(41)36-28(25)17-24)20-30(40)29(16-23-8-6-5-7-9-23)37-34(42)47-31-21-46-33-26(31)12-15-45-33/h5-11,17-18,22,26,29-31,33,36,40-41H,12-16,19-21H2,1-4H3,(H,37,42)/t26-,29+,30-,31+,33+/m1/s1. The number of aromatic amines is 1. The second-order valence-corrected chi connectivity index (χ2v) is 15.1. The first-order valence-corrected chi connectivity index (χ1v) is 17.8. The van der Waals surface area contributed by atoms with Crippen LogP contribution in [-0.2, 0) is 30.7 Å². The molecule has 5 atom stereocenters. The number of amides is 1. The molecule has 0 radical (unpaired) electrons. The Kier molecular flexibility index (Phi) is 11.8. The highest BCUT2D eigenvalue weighted by Crippen LogP contribution is 2.33. The minimum atomic E-state index is -4.12. The Morgan fingerprint density at radius 1 is 1.17 bits per heavy atom. The molecular formula is C34H47N5O8S. The van der Waals surface area contributed by atoms with E-state index < -0.39 is 34.4 Å². The van der Waals surface area contributed by atoms with Crippen molar-refractivity contribution >= 4 is 33.2 Å². The molecule has 0 unspecified atom stereocenters. The summed E-state index contributed by atoms with van der Waals surface area (Å²) < 4.78 is 46.3. The van der Waals surface area contributed by atoms with Gasteiger partial charge in [-0.2, -0.15) is 4.31 Å². The van der Waals surface area contributed by atoms with Gasteiger partial charge in [-0.3, -0.25) is 4.99 Å². The van der Waals surface area contributed by atoms with Crippen LogP contribution >= 0.6 is 0 Å². The summed E-state index contributed by atoms with van der Waals surface area (Å²) in [4.78, 5) is 22.4. The Morgan fingerprint density at radius 3 is 2.67 bits per heavy atom. The SMILES string of the molecule is CC(C)CN(C[C@@H](O)[C@H](Cc1ccccc1)NC(=O)O[C@H]1CO[C@@H]2OCC[C@@H]21)S(=O)(=O)c1ccc2c(C=NCCN(C)C)c(O)[nH]c2c1. The Bertz CT molecular complexity index is 1660. The van der Waals surface area contributed by atoms with Crippen molar-refractivity contribution in [3.8, 4) is 5.88 Å². The summed E-state index contributed by atoms with van der Waals surface area (Å²) in [5.41, 5.74) is 1.76. The zero-order valence-corrected chi connectivity index (χ0v) is 28.7. The summed E-state index contributed by atoms with van der Waals surface area (Å²) in [6.45, 7) is 5.69. The second kappa shape index (κ2) is 15.8. The van der Waals surface area contributed by atoms with E-state index in [0.29, 0.717) is 29.6 Å². The topological polar surface area (TPSA) is 166 Å². The molecule has 13 nitrogen and oxygen atoms in total. The lowest BCUT2D eigenvalue weighted by Crippen LogP contribution is -2.51. The van der Waals surface area contributed by atoms with Crippen LogP contribution < -0.4 is 5.32 Å². The van der Waals surface area contributed by atoms with Crippen LogP contribution in [0.25, 0.3) is 10.9 Å². The number of alkyl carbamates (subject to hydrolysis) is 1. The number of aliphatic hydroxyl groups is 1. The molecule has 5 rings (SSSR count). The largest absolute Gasteiger partial charge is 0.494 e. The van der Waals surface area contributed by atoms with Gasteiger partial charge < -0.3 is 39.6 Å². The molecule has 2 aromatic carbocycles. The third-order valence-corrected chi connectivity index (χ3v) is 10.4. The number of fused-ring (bicyclic) bond motifs is 2. The van der Waals surface area contributed by atoms with Crippen molar-refractivity contribution in [1.82, 2.24) is 19.5 Å². The first kappa shape index (κ1) is 35.8. The highest BCUT2D eigenvalue weighted by molar-refractivity contribution is 7.89. The van der Waals surface area contributed by atoms with Gasteiger partial charge >= 0.3 is 6.09 Å². The van der Waals surface area contributed by atoms with E-state index in [2.05, 4.69) is 15.3 Å². The molecule has 1 aromatic heterocycles. The monoisotopic (exact) mass is 685 g/mol. The number of aliphatic hydroxyl groups excluding tert-OH is 1. The molecule has 0 bridgehead atoms. The normalized spacial score (nSPS) is 21.0. The number of carbonyl (C=O) groups is 1. The fourth-order valence-electron chi connectivity index (χ4n) is 6.07. The van der Waals surface area contributed by atoms with Crippen LogP contribution in [0.5, 0.6) is 5.88 Å². The van der Waals surface area contributed by atoms with Gasteiger partial charge in [0.1, 0.15) is 6.10 Å². The average Bonchev–Trinajstić information content (AvgIpc) is 3.74. The van der Waals surface area contributed by atoms with Crippen molar-refractivity contribution in [2.24, 2.45) is 16.8 Å². The van der Waals surface area contributed by atoms with Gasteiger partial charge in [0.05, 0.1) is 53.8 Å². The van der Waals surface area contributed by atoms with E-state index in [1.54, 1.807) is 12.3 Å². The minimum Gasteiger partial charge on any atom is -0.494 e. The van der Waals surface area contributed by atoms with Crippen LogP contribution in [0.15, 0.2) is 58.4 Å². The molecule has 3 heterocycles. The van der Waals surface area contributed by atoms with Crippen molar-refractivity contribution in [1.29, 1.82) is 0 Å². The maximum Gasteiger partial charge on any atom is 0.407 e. The number of benzene rings is 2. The number of likely N-dealkylation sites (N-methyl/N-ethyl adjacent to an activating group) is 1. The van der Waals surface area contributed by atoms with Crippen LogP contribution in [0.2, 0.25) is 0 Å². The number of nitrogens with zero attached hydrogens (tertiary/aromatic N) is 3. The predicted molar refractivity (Wildman–Crippen MR) is 182 cm³/mol. The molecule has 2 aliphatic heterocycles. The fraction of sp³-hybridized carbons (Fsp3) is 0.529. The maximum atomic E-state index is 14.1. The number of aromatic hydroxyl groups is 1. The van der Waals surface area contributed by atoms with Crippen molar-refractivity contribution in [3.63, 3.8) is 0 Å². The summed E-state index contributed by atoms with van der Waals surface area (Å²) in [6, 6.07) is 13.1.